The molecule has 0 bridgehead atoms. The predicted octanol–water partition coefficient (Wildman–Crippen LogP) is 3.28. The first-order valence-electron chi connectivity index (χ1n) is 7.05. The molecule has 0 unspecified atom stereocenters. The summed E-state index contributed by atoms with van der Waals surface area (Å²) in [5, 5.41) is 3.34. The third-order valence-electron chi connectivity index (χ3n) is 3.15. The van der Waals surface area contributed by atoms with Crippen molar-refractivity contribution in [2.24, 2.45) is 0 Å². The largest absolute Gasteiger partial charge is 0.492 e. The molecule has 1 aromatic carbocycles. The summed E-state index contributed by atoms with van der Waals surface area (Å²) in [6.07, 6.45) is 0. The van der Waals surface area contributed by atoms with Crippen molar-refractivity contribution < 1.29 is 4.74 Å². The van der Waals surface area contributed by atoms with Gasteiger partial charge in [-0.2, -0.15) is 0 Å². The quantitative estimate of drug-likeness (QED) is 0.752. The highest BCUT2D eigenvalue weighted by atomic mass is 79.9. The molecular formula is C15H25BrN2O. The van der Waals surface area contributed by atoms with Crippen LogP contribution in [0, 0.1) is 0 Å². The lowest BCUT2D eigenvalue weighted by molar-refractivity contribution is 0.221. The molecule has 0 aliphatic heterocycles. The Labute approximate surface area is 125 Å². The maximum atomic E-state index is 5.92. The molecule has 108 valence electrons. The van der Waals surface area contributed by atoms with E-state index < -0.39 is 0 Å². The van der Waals surface area contributed by atoms with Gasteiger partial charge >= 0.3 is 0 Å². The molecule has 4 heteroatoms. The average molecular weight is 329 g/mol. The van der Waals surface area contributed by atoms with Crippen LogP contribution < -0.4 is 10.1 Å². The summed E-state index contributed by atoms with van der Waals surface area (Å²) >= 11 is 3.51. The van der Waals surface area contributed by atoms with Crippen molar-refractivity contribution in [2.75, 3.05) is 32.8 Å². The molecule has 0 saturated carbocycles. The van der Waals surface area contributed by atoms with E-state index in [0.29, 0.717) is 0 Å². The van der Waals surface area contributed by atoms with Crippen molar-refractivity contribution >= 4 is 15.9 Å². The van der Waals surface area contributed by atoms with Gasteiger partial charge in [-0.05, 0) is 37.8 Å². The van der Waals surface area contributed by atoms with E-state index in [0.717, 1.165) is 49.6 Å². The van der Waals surface area contributed by atoms with Crippen LogP contribution in [0.25, 0.3) is 0 Å². The minimum atomic E-state index is 0.739. The van der Waals surface area contributed by atoms with Crippen molar-refractivity contribution in [3.63, 3.8) is 0 Å². The number of ether oxygens (including phenoxy) is 1. The van der Waals surface area contributed by atoms with Gasteiger partial charge in [0, 0.05) is 23.1 Å². The zero-order chi connectivity index (χ0) is 14.1. The molecule has 0 heterocycles. The second-order valence-electron chi connectivity index (χ2n) is 4.41. The van der Waals surface area contributed by atoms with Crippen LogP contribution >= 0.6 is 15.9 Å². The molecule has 0 aliphatic carbocycles. The van der Waals surface area contributed by atoms with Crippen molar-refractivity contribution in [2.45, 2.75) is 27.3 Å². The minimum absolute atomic E-state index is 0.739. The number of nitrogens with zero attached hydrogens (tertiary/aromatic N) is 1. The van der Waals surface area contributed by atoms with Crippen LogP contribution in [-0.4, -0.2) is 37.7 Å². The van der Waals surface area contributed by atoms with Gasteiger partial charge < -0.3 is 15.0 Å². The van der Waals surface area contributed by atoms with Gasteiger partial charge in [0.15, 0.2) is 0 Å². The van der Waals surface area contributed by atoms with E-state index in [2.05, 4.69) is 53.0 Å². The zero-order valence-corrected chi connectivity index (χ0v) is 13.8. The Morgan fingerprint density at radius 2 is 1.95 bits per heavy atom. The summed E-state index contributed by atoms with van der Waals surface area (Å²) in [4.78, 5) is 2.36. The second-order valence-corrected chi connectivity index (χ2v) is 5.32. The summed E-state index contributed by atoms with van der Waals surface area (Å²) in [6, 6.07) is 6.19. The highest BCUT2D eigenvalue weighted by Gasteiger charge is 2.05. The topological polar surface area (TPSA) is 24.5 Å². The summed E-state index contributed by atoms with van der Waals surface area (Å²) in [6.45, 7) is 12.1. The lowest BCUT2D eigenvalue weighted by Crippen LogP contribution is -2.28. The minimum Gasteiger partial charge on any atom is -0.492 e. The van der Waals surface area contributed by atoms with E-state index >= 15 is 0 Å². The first kappa shape index (κ1) is 16.5. The monoisotopic (exact) mass is 328 g/mol. The fourth-order valence-electron chi connectivity index (χ4n) is 1.91. The Hall–Kier alpha value is -0.580. The first-order chi connectivity index (χ1) is 9.21. The normalized spacial score (nSPS) is 11.0. The molecule has 1 aromatic rings. The Kier molecular flexibility index (Phi) is 8.10. The van der Waals surface area contributed by atoms with Gasteiger partial charge in [0.2, 0.25) is 0 Å². The zero-order valence-electron chi connectivity index (χ0n) is 12.2. The van der Waals surface area contributed by atoms with Crippen LogP contribution in [0.5, 0.6) is 5.75 Å². The molecule has 0 saturated heterocycles. The molecule has 0 spiro atoms. The van der Waals surface area contributed by atoms with Crippen molar-refractivity contribution in [1.82, 2.24) is 10.2 Å². The van der Waals surface area contributed by atoms with Crippen molar-refractivity contribution in [3.8, 4) is 5.75 Å². The molecule has 3 nitrogen and oxygen atoms in total. The molecule has 0 radical (unpaired) electrons. The smallest absolute Gasteiger partial charge is 0.123 e. The average Bonchev–Trinajstić information content (AvgIpc) is 2.43. The van der Waals surface area contributed by atoms with Crippen LogP contribution in [0.1, 0.15) is 26.3 Å². The summed E-state index contributed by atoms with van der Waals surface area (Å²) in [5.41, 5.74) is 1.20. The maximum Gasteiger partial charge on any atom is 0.123 e. The highest BCUT2D eigenvalue weighted by molar-refractivity contribution is 9.10. The molecule has 0 fully saturated rings. The Bertz CT molecular complexity index is 367. The molecule has 1 N–H and O–H groups in total. The molecule has 1 rings (SSSR count). The fraction of sp³-hybridized carbons (Fsp3) is 0.600. The second kappa shape index (κ2) is 9.34. The number of hydrogen-bond donors (Lipinski definition) is 1. The van der Waals surface area contributed by atoms with Gasteiger partial charge in [-0.1, -0.05) is 36.7 Å². The van der Waals surface area contributed by atoms with Crippen LogP contribution in [-0.2, 0) is 6.54 Å². The SMILES string of the molecule is CCNCc1cc(Br)ccc1OCCN(CC)CC. The molecule has 0 aliphatic rings. The number of likely N-dealkylation sites (N-methyl/N-ethyl adjacent to an activating group) is 1. The third kappa shape index (κ3) is 5.93. The van der Waals surface area contributed by atoms with Crippen molar-refractivity contribution in [1.29, 1.82) is 0 Å². The highest BCUT2D eigenvalue weighted by Crippen LogP contribution is 2.23. The van der Waals surface area contributed by atoms with Crippen LogP contribution in [0.15, 0.2) is 22.7 Å². The van der Waals surface area contributed by atoms with E-state index in [1.165, 1.54) is 5.56 Å². The molecule has 0 amide bonds. The molecule has 0 atom stereocenters. The number of rotatable bonds is 9. The van der Waals surface area contributed by atoms with Gasteiger partial charge in [0.05, 0.1) is 0 Å². The summed E-state index contributed by atoms with van der Waals surface area (Å²) < 4.78 is 7.01. The van der Waals surface area contributed by atoms with Crippen molar-refractivity contribution in [3.05, 3.63) is 28.2 Å². The van der Waals surface area contributed by atoms with Gasteiger partial charge in [0.25, 0.3) is 0 Å². The van der Waals surface area contributed by atoms with E-state index in [9.17, 15) is 0 Å². The van der Waals surface area contributed by atoms with Crippen LogP contribution in [0.4, 0.5) is 0 Å². The number of nitrogens with one attached hydrogen (secondary N) is 1. The third-order valence-corrected chi connectivity index (χ3v) is 3.64. The Balaban J connectivity index is 2.56. The predicted molar refractivity (Wildman–Crippen MR) is 84.8 cm³/mol. The summed E-state index contributed by atoms with van der Waals surface area (Å²) in [7, 11) is 0. The van der Waals surface area contributed by atoms with Gasteiger partial charge in [-0.15, -0.1) is 0 Å². The van der Waals surface area contributed by atoms with Crippen LogP contribution in [0.2, 0.25) is 0 Å². The molecule has 19 heavy (non-hydrogen) atoms. The number of hydrogen-bond acceptors (Lipinski definition) is 3. The van der Waals surface area contributed by atoms with E-state index in [-0.39, 0.29) is 0 Å². The van der Waals surface area contributed by atoms with Crippen LogP contribution in [0.3, 0.4) is 0 Å². The van der Waals surface area contributed by atoms with E-state index in [1.54, 1.807) is 0 Å². The maximum absolute atomic E-state index is 5.92. The van der Waals surface area contributed by atoms with Gasteiger partial charge in [0.1, 0.15) is 12.4 Å². The lowest BCUT2D eigenvalue weighted by atomic mass is 10.2. The summed E-state index contributed by atoms with van der Waals surface area (Å²) in [5.74, 6) is 0.983. The Morgan fingerprint density at radius 3 is 2.58 bits per heavy atom. The molecular weight excluding hydrogens is 304 g/mol. The standard InChI is InChI=1S/C15H25BrN2O/c1-4-17-12-13-11-14(16)7-8-15(13)19-10-9-18(5-2)6-3/h7-8,11,17H,4-6,9-10,12H2,1-3H3. The number of benzene rings is 1. The Morgan fingerprint density at radius 1 is 1.21 bits per heavy atom. The fourth-order valence-corrected chi connectivity index (χ4v) is 2.32. The lowest BCUT2D eigenvalue weighted by Gasteiger charge is -2.19. The van der Waals surface area contributed by atoms with Gasteiger partial charge in [-0.25, -0.2) is 0 Å². The van der Waals surface area contributed by atoms with E-state index in [4.69, 9.17) is 4.74 Å². The van der Waals surface area contributed by atoms with E-state index in [1.807, 2.05) is 12.1 Å². The number of halogens is 1. The van der Waals surface area contributed by atoms with Gasteiger partial charge in [-0.3, -0.25) is 0 Å². The first-order valence-corrected chi connectivity index (χ1v) is 7.84. The molecule has 0 aromatic heterocycles.